The first-order valence-corrected chi connectivity index (χ1v) is 9.49. The molecular weight excluding hydrogens is 372 g/mol. The smallest absolute Gasteiger partial charge is 0.274 e. The second-order valence-electron chi connectivity index (χ2n) is 7.21. The summed E-state index contributed by atoms with van der Waals surface area (Å²) >= 11 is 0. The lowest BCUT2D eigenvalue weighted by Gasteiger charge is -2.13. The molecule has 0 atom stereocenters. The van der Waals surface area contributed by atoms with Crippen molar-refractivity contribution < 1.29 is 9.72 Å². The molecular formula is C21H20N4O4. The summed E-state index contributed by atoms with van der Waals surface area (Å²) in [6.07, 6.45) is 2.31. The molecule has 1 heterocycles. The van der Waals surface area contributed by atoms with E-state index in [4.69, 9.17) is 0 Å². The van der Waals surface area contributed by atoms with E-state index < -0.39 is 4.92 Å². The Balaban J connectivity index is 1.55. The van der Waals surface area contributed by atoms with Gasteiger partial charge in [0.1, 0.15) is 5.82 Å². The van der Waals surface area contributed by atoms with Crippen molar-refractivity contribution in [2.24, 2.45) is 0 Å². The first-order valence-electron chi connectivity index (χ1n) is 9.49. The molecule has 1 amide bonds. The number of fused-ring (bicyclic) bond motifs is 1. The maximum Gasteiger partial charge on any atom is 0.274 e. The zero-order valence-electron chi connectivity index (χ0n) is 15.9. The number of nitrogens with one attached hydrogen (secondary N) is 1. The van der Waals surface area contributed by atoms with Crippen molar-refractivity contribution in [3.63, 3.8) is 0 Å². The van der Waals surface area contributed by atoms with Gasteiger partial charge in [0.15, 0.2) is 0 Å². The van der Waals surface area contributed by atoms with Crippen molar-refractivity contribution in [1.82, 2.24) is 9.55 Å². The summed E-state index contributed by atoms with van der Waals surface area (Å²) in [5.41, 5.74) is 1.34. The summed E-state index contributed by atoms with van der Waals surface area (Å²) in [5, 5.41) is 14.4. The van der Waals surface area contributed by atoms with E-state index in [1.54, 1.807) is 29.7 Å². The summed E-state index contributed by atoms with van der Waals surface area (Å²) in [6.45, 7) is 1.60. The van der Waals surface area contributed by atoms with Crippen molar-refractivity contribution in [3.05, 3.63) is 74.3 Å². The topological polar surface area (TPSA) is 107 Å². The molecule has 0 bridgehead atoms. The highest BCUT2D eigenvalue weighted by Crippen LogP contribution is 2.35. The number of carbonyl (C=O) groups is 1. The van der Waals surface area contributed by atoms with Gasteiger partial charge in [0, 0.05) is 24.9 Å². The van der Waals surface area contributed by atoms with E-state index in [1.807, 2.05) is 12.1 Å². The van der Waals surface area contributed by atoms with Crippen LogP contribution in [0, 0.1) is 17.0 Å². The number of aromatic nitrogens is 2. The van der Waals surface area contributed by atoms with Gasteiger partial charge in [-0.25, -0.2) is 4.98 Å². The Morgan fingerprint density at radius 1 is 1.24 bits per heavy atom. The van der Waals surface area contributed by atoms with Gasteiger partial charge in [0.25, 0.3) is 11.2 Å². The number of benzene rings is 2. The van der Waals surface area contributed by atoms with Gasteiger partial charge < -0.3 is 5.32 Å². The molecule has 8 nitrogen and oxygen atoms in total. The molecule has 0 unspecified atom stereocenters. The van der Waals surface area contributed by atoms with Gasteiger partial charge in [-0.05, 0) is 38.0 Å². The van der Waals surface area contributed by atoms with E-state index in [-0.39, 0.29) is 29.6 Å². The monoisotopic (exact) mass is 392 g/mol. The molecule has 1 N–H and O–H groups in total. The van der Waals surface area contributed by atoms with Crippen LogP contribution in [0.25, 0.3) is 10.9 Å². The van der Waals surface area contributed by atoms with Gasteiger partial charge in [0.05, 0.1) is 27.1 Å². The predicted octanol–water partition coefficient (Wildman–Crippen LogP) is 3.52. The summed E-state index contributed by atoms with van der Waals surface area (Å²) < 4.78 is 1.72. The molecule has 29 heavy (non-hydrogen) atoms. The zero-order chi connectivity index (χ0) is 20.5. The lowest BCUT2D eigenvalue weighted by Crippen LogP contribution is -2.25. The van der Waals surface area contributed by atoms with Crippen molar-refractivity contribution in [3.8, 4) is 0 Å². The van der Waals surface area contributed by atoms with Crippen LogP contribution >= 0.6 is 0 Å². The molecule has 1 aromatic heterocycles. The van der Waals surface area contributed by atoms with Gasteiger partial charge in [-0.2, -0.15) is 0 Å². The van der Waals surface area contributed by atoms with Gasteiger partial charge in [-0.15, -0.1) is 0 Å². The number of carbonyl (C=O) groups excluding carboxylic acids is 1. The van der Waals surface area contributed by atoms with Crippen LogP contribution in [-0.4, -0.2) is 20.4 Å². The van der Waals surface area contributed by atoms with E-state index in [9.17, 15) is 19.7 Å². The second kappa shape index (κ2) is 7.46. The first kappa shape index (κ1) is 18.8. The second-order valence-corrected chi connectivity index (χ2v) is 7.21. The van der Waals surface area contributed by atoms with E-state index in [0.29, 0.717) is 34.4 Å². The highest BCUT2D eigenvalue weighted by Gasteiger charge is 2.28. The van der Waals surface area contributed by atoms with E-state index >= 15 is 0 Å². The van der Waals surface area contributed by atoms with Gasteiger partial charge in [-0.3, -0.25) is 24.3 Å². The fourth-order valence-electron chi connectivity index (χ4n) is 3.47. The molecule has 2 aromatic carbocycles. The Labute approximate surface area is 166 Å². The van der Waals surface area contributed by atoms with Crippen LogP contribution in [0.15, 0.2) is 47.3 Å². The maximum absolute atomic E-state index is 12.9. The number of aryl methyl sites for hydroxylation is 1. The lowest BCUT2D eigenvalue weighted by atomic mass is 10.1. The van der Waals surface area contributed by atoms with E-state index in [1.165, 1.54) is 12.1 Å². The summed E-state index contributed by atoms with van der Waals surface area (Å²) in [4.78, 5) is 40.6. The van der Waals surface area contributed by atoms with Crippen molar-refractivity contribution in [2.75, 3.05) is 5.32 Å². The number of nitro groups is 1. The van der Waals surface area contributed by atoms with Crippen LogP contribution in [0.3, 0.4) is 0 Å². The largest absolute Gasteiger partial charge is 0.326 e. The fraction of sp³-hybridized carbons (Fsp3) is 0.286. The molecule has 0 spiro atoms. The number of hydrogen-bond acceptors (Lipinski definition) is 5. The molecule has 1 fully saturated rings. The average Bonchev–Trinajstić information content (AvgIpc) is 3.53. The van der Waals surface area contributed by atoms with Gasteiger partial charge in [-0.1, -0.05) is 18.2 Å². The minimum Gasteiger partial charge on any atom is -0.326 e. The molecule has 3 aromatic rings. The van der Waals surface area contributed by atoms with Crippen molar-refractivity contribution in [2.45, 2.75) is 38.6 Å². The normalized spacial score (nSPS) is 13.4. The molecule has 0 saturated heterocycles. The highest BCUT2D eigenvalue weighted by atomic mass is 16.6. The molecule has 4 rings (SSSR count). The van der Waals surface area contributed by atoms with Crippen molar-refractivity contribution in [1.29, 1.82) is 0 Å². The Morgan fingerprint density at radius 2 is 2.00 bits per heavy atom. The molecule has 8 heteroatoms. The molecule has 1 saturated carbocycles. The van der Waals surface area contributed by atoms with E-state index in [0.717, 1.165) is 12.8 Å². The summed E-state index contributed by atoms with van der Waals surface area (Å²) in [5.74, 6) is 0.320. The Kier molecular flexibility index (Phi) is 4.84. The molecule has 148 valence electrons. The lowest BCUT2D eigenvalue weighted by molar-refractivity contribution is -0.385. The Bertz CT molecular complexity index is 1180. The van der Waals surface area contributed by atoms with Gasteiger partial charge >= 0.3 is 0 Å². The third kappa shape index (κ3) is 3.73. The molecule has 1 aliphatic carbocycles. The van der Waals surface area contributed by atoms with Crippen LogP contribution in [0.1, 0.15) is 36.7 Å². The minimum absolute atomic E-state index is 0.0402. The van der Waals surface area contributed by atoms with Crippen LogP contribution in [0.2, 0.25) is 0 Å². The average molecular weight is 392 g/mol. The first-order chi connectivity index (χ1) is 14.0. The quantitative estimate of drug-likeness (QED) is 0.510. The number of amides is 1. The number of para-hydroxylation sites is 1. The third-order valence-electron chi connectivity index (χ3n) is 5.14. The zero-order valence-corrected chi connectivity index (χ0v) is 15.9. The fourth-order valence-corrected chi connectivity index (χ4v) is 3.47. The van der Waals surface area contributed by atoms with Crippen LogP contribution < -0.4 is 10.9 Å². The van der Waals surface area contributed by atoms with Crippen molar-refractivity contribution >= 4 is 28.2 Å². The Morgan fingerprint density at radius 3 is 2.72 bits per heavy atom. The Hall–Kier alpha value is -3.55. The van der Waals surface area contributed by atoms with Crippen LogP contribution in [-0.2, 0) is 11.2 Å². The summed E-state index contributed by atoms with van der Waals surface area (Å²) in [6, 6.07) is 11.9. The predicted molar refractivity (Wildman–Crippen MR) is 109 cm³/mol. The molecule has 0 aliphatic heterocycles. The number of nitrogens with zero attached hydrogens (tertiary/aromatic N) is 3. The van der Waals surface area contributed by atoms with Crippen LogP contribution in [0.4, 0.5) is 11.4 Å². The molecule has 1 aliphatic rings. The molecule has 0 radical (unpaired) electrons. The maximum atomic E-state index is 12.9. The number of anilines is 1. The van der Waals surface area contributed by atoms with Gasteiger partial charge in [0.2, 0.25) is 5.91 Å². The van der Waals surface area contributed by atoms with Crippen LogP contribution in [0.5, 0.6) is 0 Å². The SMILES string of the molecule is Cc1c(NC(=O)CCc2nc3ccccc3c(=O)n2C2CC2)cccc1[N+](=O)[O-]. The highest BCUT2D eigenvalue weighted by molar-refractivity contribution is 5.92. The number of rotatable bonds is 6. The number of hydrogen-bond donors (Lipinski definition) is 1. The number of nitro benzene ring substituents is 1. The summed E-state index contributed by atoms with van der Waals surface area (Å²) in [7, 11) is 0. The standard InChI is InChI=1S/C21H20N4O4/c1-13-16(7-4-8-18(13)25(28)29)23-20(26)12-11-19-22-17-6-3-2-5-15(17)21(27)24(19)14-9-10-14/h2-8,14H,9-12H2,1H3,(H,23,26). The van der Waals surface area contributed by atoms with E-state index in [2.05, 4.69) is 10.3 Å². The minimum atomic E-state index is -0.474. The third-order valence-corrected chi connectivity index (χ3v) is 5.14.